The van der Waals surface area contributed by atoms with Gasteiger partial charge in [-0.2, -0.15) is 26.3 Å². The first kappa shape index (κ1) is 17.8. The quantitative estimate of drug-likeness (QED) is 0.767. The van der Waals surface area contributed by atoms with E-state index in [4.69, 9.17) is 0 Å². The van der Waals surface area contributed by atoms with Gasteiger partial charge in [0.15, 0.2) is 0 Å². The Morgan fingerprint density at radius 2 is 1.47 bits per heavy atom. The molecule has 0 aliphatic heterocycles. The molecule has 2 N–H and O–H groups in total. The molecule has 0 heterocycles. The molecule has 0 unspecified atom stereocenters. The lowest BCUT2D eigenvalue weighted by Crippen LogP contribution is -2.68. The van der Waals surface area contributed by atoms with Crippen molar-refractivity contribution < 1.29 is 31.1 Å². The maximum absolute atomic E-state index is 12.7. The molecule has 0 radical (unpaired) electrons. The van der Waals surface area contributed by atoms with Gasteiger partial charge in [-0.1, -0.05) is 13.8 Å². The number of nitrogens with one attached hydrogen (secondary N) is 2. The molecule has 0 bridgehead atoms. The first-order valence-corrected chi connectivity index (χ1v) is 5.63. The normalized spacial score (nSPS) is 15.0. The molecule has 19 heavy (non-hydrogen) atoms. The third-order valence-corrected chi connectivity index (χ3v) is 2.81. The standard InChI is InChI=1S/C10H16F6N2O/c1-4-6(3)17-7(19)18-8(5-2,9(11,12)13)10(14,15)16/h6H,4-5H2,1-3H3,(H2,17,18,19)/t6-/m0/s1. The fourth-order valence-corrected chi connectivity index (χ4v) is 1.35. The summed E-state index contributed by atoms with van der Waals surface area (Å²) >= 11 is 0. The minimum atomic E-state index is -5.63. The topological polar surface area (TPSA) is 41.1 Å². The summed E-state index contributed by atoms with van der Waals surface area (Å²) in [5.41, 5.74) is -4.24. The van der Waals surface area contributed by atoms with Crippen molar-refractivity contribution in [2.45, 2.75) is 57.5 Å². The van der Waals surface area contributed by atoms with E-state index in [1.807, 2.05) is 5.32 Å². The maximum atomic E-state index is 12.7. The molecule has 0 aliphatic carbocycles. The number of halogens is 6. The minimum absolute atomic E-state index is 0.380. The van der Waals surface area contributed by atoms with Gasteiger partial charge in [0.05, 0.1) is 0 Å². The average molecular weight is 294 g/mol. The van der Waals surface area contributed by atoms with Gasteiger partial charge >= 0.3 is 18.4 Å². The molecular formula is C10H16F6N2O. The lowest BCUT2D eigenvalue weighted by Gasteiger charge is -2.37. The summed E-state index contributed by atoms with van der Waals surface area (Å²) in [6.45, 7) is 3.81. The second kappa shape index (κ2) is 5.87. The van der Waals surface area contributed by atoms with Crippen LogP contribution in [0.15, 0.2) is 0 Å². The van der Waals surface area contributed by atoms with E-state index >= 15 is 0 Å². The average Bonchev–Trinajstić information content (AvgIpc) is 2.21. The molecule has 0 fully saturated rings. The molecule has 114 valence electrons. The van der Waals surface area contributed by atoms with Gasteiger partial charge in [0.1, 0.15) is 0 Å². The summed E-state index contributed by atoms with van der Waals surface area (Å²) in [7, 11) is 0. The third kappa shape index (κ3) is 3.90. The van der Waals surface area contributed by atoms with Gasteiger partial charge in [0.25, 0.3) is 0 Å². The van der Waals surface area contributed by atoms with E-state index in [0.717, 1.165) is 5.32 Å². The number of rotatable bonds is 4. The van der Waals surface area contributed by atoms with Crippen molar-refractivity contribution in [2.24, 2.45) is 0 Å². The molecule has 0 spiro atoms. The molecule has 1 atom stereocenters. The van der Waals surface area contributed by atoms with E-state index in [1.165, 1.54) is 6.92 Å². The van der Waals surface area contributed by atoms with Gasteiger partial charge in [0.2, 0.25) is 5.54 Å². The Morgan fingerprint density at radius 1 is 1.05 bits per heavy atom. The van der Waals surface area contributed by atoms with Crippen molar-refractivity contribution in [1.82, 2.24) is 10.6 Å². The molecule has 0 aromatic carbocycles. The molecular weight excluding hydrogens is 278 g/mol. The zero-order valence-electron chi connectivity index (χ0n) is 10.7. The Bertz CT molecular complexity index is 298. The van der Waals surface area contributed by atoms with Gasteiger partial charge in [-0.15, -0.1) is 0 Å². The maximum Gasteiger partial charge on any atom is 0.420 e. The monoisotopic (exact) mass is 294 g/mol. The van der Waals surface area contributed by atoms with Crippen molar-refractivity contribution in [3.8, 4) is 0 Å². The van der Waals surface area contributed by atoms with Crippen LogP contribution in [0.4, 0.5) is 31.1 Å². The molecule has 2 amide bonds. The van der Waals surface area contributed by atoms with E-state index in [-0.39, 0.29) is 0 Å². The lowest BCUT2D eigenvalue weighted by atomic mass is 9.94. The fourth-order valence-electron chi connectivity index (χ4n) is 1.35. The van der Waals surface area contributed by atoms with Crippen LogP contribution in [0.1, 0.15) is 33.6 Å². The number of hydrogen-bond donors (Lipinski definition) is 2. The predicted molar refractivity (Wildman–Crippen MR) is 56.6 cm³/mol. The second-order valence-corrected chi connectivity index (χ2v) is 4.16. The summed E-state index contributed by atoms with van der Waals surface area (Å²) < 4.78 is 76.1. The molecule has 3 nitrogen and oxygen atoms in total. The van der Waals surface area contributed by atoms with E-state index in [2.05, 4.69) is 0 Å². The highest BCUT2D eigenvalue weighted by Crippen LogP contribution is 2.45. The number of alkyl halides is 6. The highest BCUT2D eigenvalue weighted by molar-refractivity contribution is 5.75. The van der Waals surface area contributed by atoms with E-state index in [1.54, 1.807) is 6.92 Å². The first-order valence-electron chi connectivity index (χ1n) is 5.63. The Labute approximate surface area is 106 Å². The molecule has 0 aromatic rings. The summed E-state index contributed by atoms with van der Waals surface area (Å²) in [4.78, 5) is 11.3. The molecule has 0 aliphatic rings. The van der Waals surface area contributed by atoms with Crippen LogP contribution in [0.25, 0.3) is 0 Å². The Morgan fingerprint density at radius 3 is 1.74 bits per heavy atom. The number of urea groups is 1. The van der Waals surface area contributed by atoms with Gasteiger partial charge in [-0.3, -0.25) is 0 Å². The summed E-state index contributed by atoms with van der Waals surface area (Å²) in [6.07, 6.45) is -12.2. The first-order chi connectivity index (χ1) is 8.41. The van der Waals surface area contributed by atoms with Crippen LogP contribution in [0, 0.1) is 0 Å². The highest BCUT2D eigenvalue weighted by atomic mass is 19.4. The van der Waals surface area contributed by atoms with Crippen molar-refractivity contribution in [1.29, 1.82) is 0 Å². The molecule has 0 saturated carbocycles. The van der Waals surface area contributed by atoms with Crippen molar-refractivity contribution in [3.63, 3.8) is 0 Å². The minimum Gasteiger partial charge on any atom is -0.336 e. The van der Waals surface area contributed by atoms with Gasteiger partial charge < -0.3 is 10.6 Å². The third-order valence-electron chi connectivity index (χ3n) is 2.81. The van der Waals surface area contributed by atoms with Crippen LogP contribution in [0.2, 0.25) is 0 Å². The zero-order valence-corrected chi connectivity index (χ0v) is 10.7. The molecule has 9 heteroatoms. The van der Waals surface area contributed by atoms with Gasteiger partial charge in [-0.05, 0) is 19.8 Å². The fraction of sp³-hybridized carbons (Fsp3) is 0.900. The van der Waals surface area contributed by atoms with Crippen molar-refractivity contribution in [2.75, 3.05) is 0 Å². The van der Waals surface area contributed by atoms with Crippen LogP contribution in [-0.4, -0.2) is 30.0 Å². The van der Waals surface area contributed by atoms with Crippen LogP contribution in [-0.2, 0) is 0 Å². The van der Waals surface area contributed by atoms with Gasteiger partial charge in [-0.25, -0.2) is 4.79 Å². The van der Waals surface area contributed by atoms with E-state index in [9.17, 15) is 31.1 Å². The summed E-state index contributed by atoms with van der Waals surface area (Å²) in [6, 6.07) is -2.03. The zero-order chi connectivity index (χ0) is 15.5. The Hall–Kier alpha value is -1.15. The van der Waals surface area contributed by atoms with E-state index < -0.39 is 36.4 Å². The summed E-state index contributed by atoms with van der Waals surface area (Å²) in [5, 5.41) is 3.04. The van der Waals surface area contributed by atoms with Crippen LogP contribution in [0.3, 0.4) is 0 Å². The Kier molecular flexibility index (Phi) is 5.52. The van der Waals surface area contributed by atoms with Crippen LogP contribution < -0.4 is 10.6 Å². The second-order valence-electron chi connectivity index (χ2n) is 4.16. The summed E-state index contributed by atoms with van der Waals surface area (Å²) in [5.74, 6) is 0. The largest absolute Gasteiger partial charge is 0.420 e. The smallest absolute Gasteiger partial charge is 0.336 e. The molecule has 0 aromatic heterocycles. The van der Waals surface area contributed by atoms with Crippen molar-refractivity contribution in [3.05, 3.63) is 0 Å². The number of carbonyl (C=O) groups is 1. The number of hydrogen-bond acceptors (Lipinski definition) is 1. The number of amides is 2. The SMILES string of the molecule is CC[C@H](C)NC(=O)NC(CC)(C(F)(F)F)C(F)(F)F. The predicted octanol–water partition coefficient (Wildman–Crippen LogP) is 3.36. The number of carbonyl (C=O) groups excluding carboxylic acids is 1. The van der Waals surface area contributed by atoms with E-state index in [0.29, 0.717) is 13.3 Å². The van der Waals surface area contributed by atoms with Crippen LogP contribution >= 0.6 is 0 Å². The van der Waals surface area contributed by atoms with Crippen LogP contribution in [0.5, 0.6) is 0 Å². The highest BCUT2D eigenvalue weighted by Gasteiger charge is 2.70. The van der Waals surface area contributed by atoms with Gasteiger partial charge in [0, 0.05) is 6.04 Å². The lowest BCUT2D eigenvalue weighted by molar-refractivity contribution is -0.304. The van der Waals surface area contributed by atoms with Crippen molar-refractivity contribution >= 4 is 6.03 Å². The Balaban J connectivity index is 5.25. The molecule has 0 saturated heterocycles. The molecule has 0 rings (SSSR count).